The van der Waals surface area contributed by atoms with Gasteiger partial charge in [-0.3, -0.25) is 4.79 Å². The Balaban J connectivity index is 1.38. The molecule has 198 valence electrons. The summed E-state index contributed by atoms with van der Waals surface area (Å²) < 4.78 is 30.0. The molecule has 2 aliphatic heterocycles. The van der Waals surface area contributed by atoms with Crippen molar-refractivity contribution in [3.63, 3.8) is 0 Å². The summed E-state index contributed by atoms with van der Waals surface area (Å²) in [4.78, 5) is 13.7. The normalized spacial score (nSPS) is 18.7. The van der Waals surface area contributed by atoms with Gasteiger partial charge in [-0.1, -0.05) is 18.6 Å². The van der Waals surface area contributed by atoms with E-state index in [4.69, 9.17) is 0 Å². The van der Waals surface area contributed by atoms with E-state index in [-0.39, 0.29) is 5.91 Å². The van der Waals surface area contributed by atoms with Crippen LogP contribution in [-0.2, 0) is 14.8 Å². The minimum Gasteiger partial charge on any atom is -0.335 e. The second-order valence-electron chi connectivity index (χ2n) is 10.6. The number of anilines is 1. The number of carbonyl (C=O) groups is 1. The summed E-state index contributed by atoms with van der Waals surface area (Å²) >= 11 is 0. The summed E-state index contributed by atoms with van der Waals surface area (Å²) in [5.41, 5.74) is 4.99. The van der Waals surface area contributed by atoms with Crippen molar-refractivity contribution in [3.05, 3.63) is 59.3 Å². The Bertz CT molecular complexity index is 1400. The number of carbonyl (C=O) groups excluding carboxylic acids is 1. The molecule has 2 aromatic carbocycles. The Morgan fingerprint density at radius 3 is 2.46 bits per heavy atom. The Morgan fingerprint density at radius 2 is 1.73 bits per heavy atom. The van der Waals surface area contributed by atoms with Crippen molar-refractivity contribution >= 4 is 32.5 Å². The molecule has 2 fully saturated rings. The van der Waals surface area contributed by atoms with Gasteiger partial charge in [0.05, 0.1) is 4.90 Å². The van der Waals surface area contributed by atoms with Gasteiger partial charge in [-0.15, -0.1) is 0 Å². The maximum atomic E-state index is 13.4. The molecule has 2 N–H and O–H groups in total. The lowest BCUT2D eigenvalue weighted by molar-refractivity contribution is -0.118. The van der Waals surface area contributed by atoms with Crippen molar-refractivity contribution in [2.45, 2.75) is 69.7 Å². The van der Waals surface area contributed by atoms with E-state index in [9.17, 15) is 13.2 Å². The standard InChI is InChI=1S/C29H38N4O3S/c1-20-7-8-24(23-11-13-30-14-12-23)17-27(20)31-29(34)22(3)33-19-21(2)26-18-25(9-10-28(26)33)37(35,36)32-15-5-4-6-16-32/h7-10,17-19,22-23,30H,4-6,11-16H2,1-3H3,(H,31,34). The quantitative estimate of drug-likeness (QED) is 0.472. The second kappa shape index (κ2) is 10.6. The maximum Gasteiger partial charge on any atom is 0.247 e. The van der Waals surface area contributed by atoms with Crippen LogP contribution in [-0.4, -0.2) is 49.4 Å². The second-order valence-corrected chi connectivity index (χ2v) is 12.6. The summed E-state index contributed by atoms with van der Waals surface area (Å²) in [6.07, 6.45) is 7.06. The zero-order valence-electron chi connectivity index (χ0n) is 22.1. The number of nitrogens with zero attached hydrogens (tertiary/aromatic N) is 2. The number of aromatic nitrogens is 1. The van der Waals surface area contributed by atoms with Crippen molar-refractivity contribution in [2.75, 3.05) is 31.5 Å². The summed E-state index contributed by atoms with van der Waals surface area (Å²) in [5, 5.41) is 7.44. The monoisotopic (exact) mass is 522 g/mol. The van der Waals surface area contributed by atoms with E-state index in [0.717, 1.165) is 72.9 Å². The lowest BCUT2D eigenvalue weighted by Gasteiger charge is -2.26. The lowest BCUT2D eigenvalue weighted by atomic mass is 9.89. The third-order valence-electron chi connectivity index (χ3n) is 8.08. The number of sulfonamides is 1. The van der Waals surface area contributed by atoms with Crippen molar-refractivity contribution in [2.24, 2.45) is 0 Å². The van der Waals surface area contributed by atoms with Crippen LogP contribution in [0, 0.1) is 13.8 Å². The molecule has 0 radical (unpaired) electrons. The number of piperidine rings is 2. The minimum atomic E-state index is -3.52. The van der Waals surface area contributed by atoms with Gasteiger partial charge in [0, 0.05) is 35.9 Å². The van der Waals surface area contributed by atoms with Crippen LogP contribution in [0.1, 0.15) is 67.7 Å². The first-order valence-corrected chi connectivity index (χ1v) is 14.9. The maximum absolute atomic E-state index is 13.4. The third kappa shape index (κ3) is 5.19. The van der Waals surface area contributed by atoms with E-state index in [1.807, 2.05) is 37.6 Å². The van der Waals surface area contributed by atoms with Gasteiger partial charge in [0.25, 0.3) is 0 Å². The molecule has 1 atom stereocenters. The van der Waals surface area contributed by atoms with Crippen molar-refractivity contribution in [1.82, 2.24) is 14.2 Å². The Kier molecular flexibility index (Phi) is 7.43. The van der Waals surface area contributed by atoms with Gasteiger partial charge in [-0.05, 0) is 106 Å². The molecular formula is C29H38N4O3S. The molecule has 0 bridgehead atoms. The first kappa shape index (κ1) is 25.9. The van der Waals surface area contributed by atoms with Crippen LogP contribution in [0.15, 0.2) is 47.5 Å². The first-order chi connectivity index (χ1) is 17.8. The molecule has 8 heteroatoms. The molecule has 3 aromatic rings. The molecule has 1 amide bonds. The van der Waals surface area contributed by atoms with Gasteiger partial charge in [0.15, 0.2) is 0 Å². The van der Waals surface area contributed by atoms with E-state index in [1.165, 1.54) is 5.56 Å². The van der Waals surface area contributed by atoms with Crippen LogP contribution >= 0.6 is 0 Å². The molecule has 2 saturated heterocycles. The number of hydrogen-bond acceptors (Lipinski definition) is 4. The Morgan fingerprint density at radius 1 is 1.00 bits per heavy atom. The average molecular weight is 523 g/mol. The number of hydrogen-bond donors (Lipinski definition) is 2. The number of rotatable bonds is 6. The lowest BCUT2D eigenvalue weighted by Crippen LogP contribution is -2.35. The molecule has 7 nitrogen and oxygen atoms in total. The first-order valence-electron chi connectivity index (χ1n) is 13.5. The minimum absolute atomic E-state index is 0.0903. The molecule has 0 aliphatic carbocycles. The zero-order valence-corrected chi connectivity index (χ0v) is 22.9. The van der Waals surface area contributed by atoms with Gasteiger partial charge in [-0.25, -0.2) is 8.42 Å². The van der Waals surface area contributed by atoms with Crippen LogP contribution in [0.5, 0.6) is 0 Å². The fraction of sp³-hybridized carbons (Fsp3) is 0.483. The fourth-order valence-electron chi connectivity index (χ4n) is 5.69. The third-order valence-corrected chi connectivity index (χ3v) is 9.98. The number of benzene rings is 2. The highest BCUT2D eigenvalue weighted by atomic mass is 32.2. The summed E-state index contributed by atoms with van der Waals surface area (Å²) in [5.74, 6) is 0.425. The molecular weight excluding hydrogens is 484 g/mol. The highest BCUT2D eigenvalue weighted by Gasteiger charge is 2.27. The molecule has 2 aliphatic rings. The molecule has 3 heterocycles. The van der Waals surface area contributed by atoms with Gasteiger partial charge < -0.3 is 15.2 Å². The van der Waals surface area contributed by atoms with Crippen LogP contribution in [0.4, 0.5) is 5.69 Å². The molecule has 1 aromatic heterocycles. The SMILES string of the molecule is Cc1ccc(C2CCNCC2)cc1NC(=O)C(C)n1cc(C)c2cc(S(=O)(=O)N3CCCCC3)ccc21. The summed E-state index contributed by atoms with van der Waals surface area (Å²) in [7, 11) is -3.52. The van der Waals surface area contributed by atoms with Crippen molar-refractivity contribution in [1.29, 1.82) is 0 Å². The topological polar surface area (TPSA) is 83.4 Å². The van der Waals surface area contributed by atoms with Crippen LogP contribution in [0.2, 0.25) is 0 Å². The number of amides is 1. The van der Waals surface area contributed by atoms with Gasteiger partial charge in [0.2, 0.25) is 15.9 Å². The molecule has 5 rings (SSSR count). The van der Waals surface area contributed by atoms with Gasteiger partial charge >= 0.3 is 0 Å². The van der Waals surface area contributed by atoms with Crippen LogP contribution in [0.25, 0.3) is 10.9 Å². The Labute approximate surface area is 220 Å². The van der Waals surface area contributed by atoms with E-state index < -0.39 is 16.1 Å². The van der Waals surface area contributed by atoms with E-state index in [0.29, 0.717) is 23.9 Å². The zero-order chi connectivity index (χ0) is 26.2. The van der Waals surface area contributed by atoms with Crippen LogP contribution in [0.3, 0.4) is 0 Å². The number of nitrogens with one attached hydrogen (secondary N) is 2. The summed E-state index contributed by atoms with van der Waals surface area (Å²) in [6.45, 7) is 9.08. The largest absolute Gasteiger partial charge is 0.335 e. The summed E-state index contributed by atoms with van der Waals surface area (Å²) in [6, 6.07) is 11.2. The number of aryl methyl sites for hydroxylation is 2. The highest BCUT2D eigenvalue weighted by molar-refractivity contribution is 7.89. The predicted octanol–water partition coefficient (Wildman–Crippen LogP) is 5.10. The average Bonchev–Trinajstić information content (AvgIpc) is 3.26. The van der Waals surface area contributed by atoms with Crippen molar-refractivity contribution in [3.8, 4) is 0 Å². The molecule has 1 unspecified atom stereocenters. The van der Waals surface area contributed by atoms with Crippen molar-refractivity contribution < 1.29 is 13.2 Å². The van der Waals surface area contributed by atoms with Gasteiger partial charge in [0.1, 0.15) is 6.04 Å². The van der Waals surface area contributed by atoms with E-state index in [2.05, 4.69) is 28.8 Å². The molecule has 37 heavy (non-hydrogen) atoms. The molecule has 0 saturated carbocycles. The fourth-order valence-corrected chi connectivity index (χ4v) is 7.23. The predicted molar refractivity (Wildman–Crippen MR) is 149 cm³/mol. The van der Waals surface area contributed by atoms with E-state index >= 15 is 0 Å². The highest BCUT2D eigenvalue weighted by Crippen LogP contribution is 2.31. The smallest absolute Gasteiger partial charge is 0.247 e. The number of fused-ring (bicyclic) bond motifs is 1. The van der Waals surface area contributed by atoms with Gasteiger partial charge in [-0.2, -0.15) is 4.31 Å². The van der Waals surface area contributed by atoms with E-state index in [1.54, 1.807) is 16.4 Å². The molecule has 0 spiro atoms. The van der Waals surface area contributed by atoms with Crippen LogP contribution < -0.4 is 10.6 Å². The Hall–Kier alpha value is -2.68.